The van der Waals surface area contributed by atoms with Crippen molar-refractivity contribution in [2.75, 3.05) is 6.61 Å². The summed E-state index contributed by atoms with van der Waals surface area (Å²) in [6.07, 6.45) is 81.6. The highest BCUT2D eigenvalue weighted by molar-refractivity contribution is 5.76. The van der Waals surface area contributed by atoms with Gasteiger partial charge in [0.25, 0.3) is 0 Å². The van der Waals surface area contributed by atoms with Gasteiger partial charge in [-0.1, -0.05) is 380 Å². The van der Waals surface area contributed by atoms with Gasteiger partial charge in [-0.25, -0.2) is 0 Å². The monoisotopic (exact) mass is 988 g/mol. The number of nitrogens with one attached hydrogen (secondary N) is 1. The average Bonchev–Trinajstić information content (AvgIpc) is 3.36. The highest BCUT2D eigenvalue weighted by atomic mass is 16.3. The number of carbonyl (C=O) groups excluding carboxylic acids is 1. The van der Waals surface area contributed by atoms with Crippen LogP contribution < -0.4 is 5.32 Å². The molecule has 420 valence electrons. The zero-order valence-electron chi connectivity index (χ0n) is 48.6. The van der Waals surface area contributed by atoms with Crippen molar-refractivity contribution in [2.24, 2.45) is 0 Å². The first-order valence-electron chi connectivity index (χ1n) is 33.2. The van der Waals surface area contributed by atoms with Crippen LogP contribution in [0.2, 0.25) is 0 Å². The lowest BCUT2D eigenvalue weighted by Crippen LogP contribution is -2.45. The molecule has 0 aliphatic rings. The van der Waals surface area contributed by atoms with Crippen LogP contribution in [0.1, 0.15) is 399 Å². The Morgan fingerprint density at radius 1 is 0.286 bits per heavy atom. The maximum Gasteiger partial charge on any atom is 0.220 e. The normalized spacial score (nSPS) is 12.6. The van der Waals surface area contributed by atoms with E-state index in [1.165, 1.54) is 347 Å². The zero-order valence-corrected chi connectivity index (χ0v) is 48.6. The van der Waals surface area contributed by atoms with Crippen molar-refractivity contribution in [3.8, 4) is 0 Å². The minimum atomic E-state index is -0.655. The van der Waals surface area contributed by atoms with Gasteiger partial charge in [0, 0.05) is 6.42 Å². The molecule has 3 N–H and O–H groups in total. The molecule has 0 aromatic carbocycles. The van der Waals surface area contributed by atoms with Crippen LogP contribution in [-0.4, -0.2) is 34.9 Å². The molecule has 0 saturated carbocycles. The fraction of sp³-hybridized carbons (Fsp3) is 0.985. The molecular formula is C66H133NO3. The SMILES string of the molecule is CCCCCCCCCCCCCCCCCCCCCCCCCCCCCCCCCCCCCCCCCCC(=O)NC(CO)C(O)CCCCCCCCCCCCCCCCCCCC. The molecule has 0 aliphatic carbocycles. The lowest BCUT2D eigenvalue weighted by Gasteiger charge is -2.22. The Balaban J connectivity index is 3.32. The van der Waals surface area contributed by atoms with E-state index in [-0.39, 0.29) is 12.5 Å². The van der Waals surface area contributed by atoms with Gasteiger partial charge in [-0.15, -0.1) is 0 Å². The lowest BCUT2D eigenvalue weighted by atomic mass is 10.0. The molecule has 0 aliphatic heterocycles. The molecule has 70 heavy (non-hydrogen) atoms. The molecule has 0 saturated heterocycles. The molecule has 0 fully saturated rings. The molecule has 0 bridgehead atoms. The minimum Gasteiger partial charge on any atom is -0.394 e. The second-order valence-electron chi connectivity index (χ2n) is 23.3. The van der Waals surface area contributed by atoms with Crippen LogP contribution in [0.5, 0.6) is 0 Å². The first kappa shape index (κ1) is 69.4. The Kier molecular flexibility index (Phi) is 62.1. The van der Waals surface area contributed by atoms with E-state index in [0.717, 1.165) is 25.7 Å². The van der Waals surface area contributed by atoms with Crippen LogP contribution in [0, 0.1) is 0 Å². The Morgan fingerprint density at radius 2 is 0.457 bits per heavy atom. The molecule has 4 heteroatoms. The molecule has 2 atom stereocenters. The highest BCUT2D eigenvalue weighted by Crippen LogP contribution is 2.20. The molecule has 1 amide bonds. The van der Waals surface area contributed by atoms with Gasteiger partial charge in [0.15, 0.2) is 0 Å². The maximum atomic E-state index is 12.5. The molecule has 0 heterocycles. The predicted molar refractivity (Wildman–Crippen MR) is 313 cm³/mol. The quantitative estimate of drug-likeness (QED) is 0.0532. The van der Waals surface area contributed by atoms with Gasteiger partial charge in [0.1, 0.15) is 0 Å². The smallest absolute Gasteiger partial charge is 0.220 e. The molecule has 4 nitrogen and oxygen atoms in total. The standard InChI is InChI=1S/C66H133NO3/c1-3-5-7-9-11-13-15-17-19-21-23-24-25-26-27-28-29-30-31-32-33-34-35-36-37-38-39-40-41-42-43-44-46-48-50-52-54-56-58-60-62-66(70)67-64(63-68)65(69)61-59-57-55-53-51-49-47-45-22-20-18-16-14-12-10-8-6-4-2/h64-65,68-69H,3-63H2,1-2H3,(H,67,70). The maximum absolute atomic E-state index is 12.5. The summed E-state index contributed by atoms with van der Waals surface area (Å²) in [5.41, 5.74) is 0. The fourth-order valence-corrected chi connectivity index (χ4v) is 11.1. The van der Waals surface area contributed by atoms with E-state index >= 15 is 0 Å². The van der Waals surface area contributed by atoms with Crippen molar-refractivity contribution in [1.29, 1.82) is 0 Å². The summed E-state index contributed by atoms with van der Waals surface area (Å²) in [6.45, 7) is 4.41. The number of hydrogen-bond donors (Lipinski definition) is 3. The highest BCUT2D eigenvalue weighted by Gasteiger charge is 2.20. The van der Waals surface area contributed by atoms with E-state index in [1.54, 1.807) is 0 Å². The molecule has 0 rings (SSSR count). The van der Waals surface area contributed by atoms with Crippen molar-refractivity contribution in [3.05, 3.63) is 0 Å². The number of rotatable bonds is 63. The van der Waals surface area contributed by atoms with Gasteiger partial charge < -0.3 is 15.5 Å². The predicted octanol–water partition coefficient (Wildman–Crippen LogP) is 22.3. The van der Waals surface area contributed by atoms with Crippen LogP contribution in [0.25, 0.3) is 0 Å². The number of carbonyl (C=O) groups is 1. The van der Waals surface area contributed by atoms with Crippen molar-refractivity contribution >= 4 is 5.91 Å². The van der Waals surface area contributed by atoms with Gasteiger partial charge in [-0.05, 0) is 12.8 Å². The Morgan fingerprint density at radius 3 is 0.643 bits per heavy atom. The lowest BCUT2D eigenvalue weighted by molar-refractivity contribution is -0.123. The van der Waals surface area contributed by atoms with Crippen LogP contribution in [-0.2, 0) is 4.79 Å². The van der Waals surface area contributed by atoms with Crippen LogP contribution >= 0.6 is 0 Å². The molecule has 0 aromatic heterocycles. The number of hydrogen-bond acceptors (Lipinski definition) is 3. The van der Waals surface area contributed by atoms with Crippen molar-refractivity contribution < 1.29 is 15.0 Å². The molecule has 0 spiro atoms. The number of aliphatic hydroxyl groups is 2. The van der Waals surface area contributed by atoms with Gasteiger partial charge in [-0.3, -0.25) is 4.79 Å². The summed E-state index contributed by atoms with van der Waals surface area (Å²) in [4.78, 5) is 12.5. The number of amides is 1. The van der Waals surface area contributed by atoms with E-state index in [0.29, 0.717) is 12.8 Å². The zero-order chi connectivity index (χ0) is 50.6. The van der Waals surface area contributed by atoms with Crippen molar-refractivity contribution in [3.63, 3.8) is 0 Å². The first-order chi connectivity index (χ1) is 34.7. The Labute approximate surface area is 442 Å². The minimum absolute atomic E-state index is 0.0208. The van der Waals surface area contributed by atoms with E-state index in [2.05, 4.69) is 19.2 Å². The van der Waals surface area contributed by atoms with Crippen molar-refractivity contribution in [1.82, 2.24) is 5.32 Å². The van der Waals surface area contributed by atoms with Crippen LogP contribution in [0.15, 0.2) is 0 Å². The van der Waals surface area contributed by atoms with Crippen LogP contribution in [0.3, 0.4) is 0 Å². The molecular weight excluding hydrogens is 855 g/mol. The summed E-state index contributed by atoms with van der Waals surface area (Å²) in [5, 5.41) is 23.4. The first-order valence-corrected chi connectivity index (χ1v) is 33.2. The Bertz CT molecular complexity index is 940. The summed E-state index contributed by atoms with van der Waals surface area (Å²) in [6, 6.07) is -0.532. The van der Waals surface area contributed by atoms with Gasteiger partial charge >= 0.3 is 0 Å². The van der Waals surface area contributed by atoms with Gasteiger partial charge in [-0.2, -0.15) is 0 Å². The molecule has 0 aromatic rings. The second-order valence-corrected chi connectivity index (χ2v) is 23.3. The summed E-state index contributed by atoms with van der Waals surface area (Å²) >= 11 is 0. The van der Waals surface area contributed by atoms with Crippen LogP contribution in [0.4, 0.5) is 0 Å². The Hall–Kier alpha value is -0.610. The topological polar surface area (TPSA) is 69.6 Å². The average molecular weight is 989 g/mol. The molecule has 0 radical (unpaired) electrons. The van der Waals surface area contributed by atoms with Gasteiger partial charge in [0.2, 0.25) is 5.91 Å². The third-order valence-electron chi connectivity index (χ3n) is 16.1. The van der Waals surface area contributed by atoms with E-state index < -0.39 is 12.1 Å². The van der Waals surface area contributed by atoms with E-state index in [9.17, 15) is 15.0 Å². The largest absolute Gasteiger partial charge is 0.394 e. The number of unbranched alkanes of at least 4 members (excludes halogenated alkanes) is 56. The summed E-state index contributed by atoms with van der Waals surface area (Å²) in [5.74, 6) is -0.0208. The summed E-state index contributed by atoms with van der Waals surface area (Å²) in [7, 11) is 0. The second kappa shape index (κ2) is 62.7. The van der Waals surface area contributed by atoms with E-state index in [4.69, 9.17) is 0 Å². The molecule has 2 unspecified atom stereocenters. The third-order valence-corrected chi connectivity index (χ3v) is 16.1. The van der Waals surface area contributed by atoms with Gasteiger partial charge in [0.05, 0.1) is 18.8 Å². The third kappa shape index (κ3) is 58.3. The van der Waals surface area contributed by atoms with Crippen molar-refractivity contribution in [2.45, 2.75) is 411 Å². The van der Waals surface area contributed by atoms with E-state index in [1.807, 2.05) is 0 Å². The fourth-order valence-electron chi connectivity index (χ4n) is 11.1. The summed E-state index contributed by atoms with van der Waals surface area (Å²) < 4.78 is 0. The number of aliphatic hydroxyl groups excluding tert-OH is 2.